The summed E-state index contributed by atoms with van der Waals surface area (Å²) in [6.45, 7) is 0. The molecule has 0 saturated carbocycles. The molecule has 2 aromatic carbocycles. The molecule has 0 fully saturated rings. The summed E-state index contributed by atoms with van der Waals surface area (Å²) in [4.78, 5) is 1.04. The second kappa shape index (κ2) is 5.56. The van der Waals surface area contributed by atoms with E-state index in [0.29, 0.717) is 5.75 Å². The minimum Gasteiger partial charge on any atom is -0.508 e. The minimum atomic E-state index is -0.227. The van der Waals surface area contributed by atoms with E-state index in [1.54, 1.807) is 30.0 Å². The summed E-state index contributed by atoms with van der Waals surface area (Å²) >= 11 is 4.99. The van der Waals surface area contributed by atoms with E-state index in [0.717, 1.165) is 14.9 Å². The van der Waals surface area contributed by atoms with E-state index < -0.39 is 0 Å². The number of aromatic hydroxyl groups is 1. The second-order valence-corrected chi connectivity index (χ2v) is 5.42. The van der Waals surface area contributed by atoms with Gasteiger partial charge in [-0.1, -0.05) is 15.9 Å². The maximum Gasteiger partial charge on any atom is 0.123 e. The van der Waals surface area contributed by atoms with Crippen LogP contribution in [0.25, 0.3) is 0 Å². The van der Waals surface area contributed by atoms with Crippen molar-refractivity contribution in [1.82, 2.24) is 0 Å². The largest absolute Gasteiger partial charge is 0.508 e. The number of benzene rings is 2. The monoisotopic (exact) mass is 312 g/mol. The Balaban J connectivity index is 2.07. The lowest BCUT2D eigenvalue weighted by molar-refractivity contribution is 0.475. The first-order chi connectivity index (χ1) is 8.15. The molecule has 4 heteroatoms. The lowest BCUT2D eigenvalue weighted by Gasteiger charge is -2.05. The Morgan fingerprint density at radius 2 is 1.82 bits per heavy atom. The normalized spacial score (nSPS) is 10.5. The number of hydrogen-bond donors (Lipinski definition) is 1. The van der Waals surface area contributed by atoms with Crippen molar-refractivity contribution in [3.63, 3.8) is 0 Å². The smallest absolute Gasteiger partial charge is 0.123 e. The van der Waals surface area contributed by atoms with Gasteiger partial charge in [-0.25, -0.2) is 4.39 Å². The molecule has 0 unspecified atom stereocenters. The van der Waals surface area contributed by atoms with Crippen LogP contribution in [-0.4, -0.2) is 5.11 Å². The molecule has 0 amide bonds. The third kappa shape index (κ3) is 3.48. The van der Waals surface area contributed by atoms with Gasteiger partial charge in [0.25, 0.3) is 0 Å². The van der Waals surface area contributed by atoms with Crippen LogP contribution in [0.2, 0.25) is 0 Å². The predicted molar refractivity (Wildman–Crippen MR) is 71.8 cm³/mol. The lowest BCUT2D eigenvalue weighted by Crippen LogP contribution is -1.85. The Hall–Kier alpha value is -1.00. The Labute approximate surface area is 112 Å². The van der Waals surface area contributed by atoms with Crippen molar-refractivity contribution in [3.8, 4) is 5.75 Å². The standard InChI is InChI=1S/C13H10BrFOS/c14-13-6-1-10(15)7-9(13)8-17-12-4-2-11(16)3-5-12/h1-7,16H,8H2. The van der Waals surface area contributed by atoms with Gasteiger partial charge in [0.15, 0.2) is 0 Å². The summed E-state index contributed by atoms with van der Waals surface area (Å²) in [5, 5.41) is 9.16. The SMILES string of the molecule is Oc1ccc(SCc2cc(F)ccc2Br)cc1. The van der Waals surface area contributed by atoms with Gasteiger partial charge in [-0.15, -0.1) is 11.8 Å². The third-order valence-corrected chi connectivity index (χ3v) is 4.07. The lowest BCUT2D eigenvalue weighted by atomic mass is 10.2. The first-order valence-electron chi connectivity index (χ1n) is 5.01. The highest BCUT2D eigenvalue weighted by Crippen LogP contribution is 2.28. The van der Waals surface area contributed by atoms with Crippen molar-refractivity contribution in [1.29, 1.82) is 0 Å². The van der Waals surface area contributed by atoms with Crippen LogP contribution in [0.15, 0.2) is 51.8 Å². The number of phenolic OH excluding ortho intramolecular Hbond substituents is 1. The average Bonchev–Trinajstić information content (AvgIpc) is 2.32. The van der Waals surface area contributed by atoms with Gasteiger partial charge in [0, 0.05) is 15.1 Å². The molecule has 2 aromatic rings. The van der Waals surface area contributed by atoms with Gasteiger partial charge in [-0.2, -0.15) is 0 Å². The molecule has 0 heterocycles. The topological polar surface area (TPSA) is 20.2 Å². The van der Waals surface area contributed by atoms with E-state index in [4.69, 9.17) is 5.11 Å². The molecule has 88 valence electrons. The van der Waals surface area contributed by atoms with E-state index in [9.17, 15) is 4.39 Å². The maximum atomic E-state index is 13.1. The molecule has 0 radical (unpaired) electrons. The minimum absolute atomic E-state index is 0.227. The molecule has 0 bridgehead atoms. The molecule has 1 N–H and O–H groups in total. The highest BCUT2D eigenvalue weighted by atomic mass is 79.9. The zero-order chi connectivity index (χ0) is 12.3. The van der Waals surface area contributed by atoms with Gasteiger partial charge in [-0.3, -0.25) is 0 Å². The van der Waals surface area contributed by atoms with Crippen LogP contribution in [0.1, 0.15) is 5.56 Å². The van der Waals surface area contributed by atoms with Gasteiger partial charge < -0.3 is 5.11 Å². The van der Waals surface area contributed by atoms with Crippen molar-refractivity contribution >= 4 is 27.7 Å². The quantitative estimate of drug-likeness (QED) is 0.837. The molecular weight excluding hydrogens is 303 g/mol. The van der Waals surface area contributed by atoms with Crippen LogP contribution in [-0.2, 0) is 5.75 Å². The van der Waals surface area contributed by atoms with Crippen molar-refractivity contribution in [2.75, 3.05) is 0 Å². The zero-order valence-electron chi connectivity index (χ0n) is 8.86. The Morgan fingerprint density at radius 1 is 1.12 bits per heavy atom. The van der Waals surface area contributed by atoms with Gasteiger partial charge in [-0.05, 0) is 48.0 Å². The molecule has 0 spiro atoms. The highest BCUT2D eigenvalue weighted by Gasteiger charge is 2.03. The van der Waals surface area contributed by atoms with Crippen LogP contribution in [0, 0.1) is 5.82 Å². The number of hydrogen-bond acceptors (Lipinski definition) is 2. The fourth-order valence-electron chi connectivity index (χ4n) is 1.36. The van der Waals surface area contributed by atoms with Crippen molar-refractivity contribution in [2.24, 2.45) is 0 Å². The van der Waals surface area contributed by atoms with E-state index in [1.807, 2.05) is 12.1 Å². The number of phenols is 1. The Bertz CT molecular complexity index is 513. The van der Waals surface area contributed by atoms with Crippen LogP contribution < -0.4 is 0 Å². The molecule has 0 aromatic heterocycles. The number of thioether (sulfide) groups is 1. The molecule has 17 heavy (non-hydrogen) atoms. The fourth-order valence-corrected chi connectivity index (χ4v) is 2.82. The predicted octanol–water partition coefficient (Wildman–Crippen LogP) is 4.59. The third-order valence-electron chi connectivity index (χ3n) is 2.24. The van der Waals surface area contributed by atoms with Crippen LogP contribution in [0.5, 0.6) is 5.75 Å². The molecule has 0 atom stereocenters. The van der Waals surface area contributed by atoms with E-state index in [1.165, 1.54) is 12.1 Å². The summed E-state index contributed by atoms with van der Waals surface area (Å²) in [7, 11) is 0. The molecule has 2 rings (SSSR count). The number of halogens is 2. The Kier molecular flexibility index (Phi) is 4.07. The van der Waals surface area contributed by atoms with Crippen molar-refractivity contribution in [3.05, 3.63) is 58.3 Å². The molecular formula is C13H10BrFOS. The summed E-state index contributed by atoms with van der Waals surface area (Å²) in [5.74, 6) is 0.708. The summed E-state index contributed by atoms with van der Waals surface area (Å²) in [6, 6.07) is 11.6. The van der Waals surface area contributed by atoms with Crippen LogP contribution in [0.4, 0.5) is 4.39 Å². The van der Waals surface area contributed by atoms with Gasteiger partial charge in [0.2, 0.25) is 0 Å². The summed E-state index contributed by atoms with van der Waals surface area (Å²) < 4.78 is 14.0. The van der Waals surface area contributed by atoms with Crippen LogP contribution in [0.3, 0.4) is 0 Å². The molecule has 0 aliphatic rings. The van der Waals surface area contributed by atoms with Gasteiger partial charge in [0.1, 0.15) is 11.6 Å². The second-order valence-electron chi connectivity index (χ2n) is 3.52. The summed E-state index contributed by atoms with van der Waals surface area (Å²) in [6.07, 6.45) is 0. The summed E-state index contributed by atoms with van der Waals surface area (Å²) in [5.41, 5.74) is 0.920. The van der Waals surface area contributed by atoms with Crippen LogP contribution >= 0.6 is 27.7 Å². The first-order valence-corrected chi connectivity index (χ1v) is 6.79. The van der Waals surface area contributed by atoms with E-state index in [2.05, 4.69) is 15.9 Å². The molecule has 0 aliphatic carbocycles. The highest BCUT2D eigenvalue weighted by molar-refractivity contribution is 9.10. The molecule has 1 nitrogen and oxygen atoms in total. The van der Waals surface area contributed by atoms with Crippen molar-refractivity contribution < 1.29 is 9.50 Å². The molecule has 0 saturated heterocycles. The van der Waals surface area contributed by atoms with E-state index in [-0.39, 0.29) is 11.6 Å². The van der Waals surface area contributed by atoms with Gasteiger partial charge >= 0.3 is 0 Å². The first kappa shape index (κ1) is 12.5. The van der Waals surface area contributed by atoms with Crippen molar-refractivity contribution in [2.45, 2.75) is 10.6 Å². The van der Waals surface area contributed by atoms with E-state index >= 15 is 0 Å². The number of rotatable bonds is 3. The Morgan fingerprint density at radius 3 is 2.53 bits per heavy atom. The molecule has 0 aliphatic heterocycles. The fraction of sp³-hybridized carbons (Fsp3) is 0.0769. The van der Waals surface area contributed by atoms with Gasteiger partial charge in [0.05, 0.1) is 0 Å². The maximum absolute atomic E-state index is 13.1. The average molecular weight is 313 g/mol. The zero-order valence-corrected chi connectivity index (χ0v) is 11.3.